The van der Waals surface area contributed by atoms with E-state index >= 15 is 0 Å². The number of methoxy groups -OCH3 is 1. The Labute approximate surface area is 144 Å². The number of benzene rings is 2. The lowest BCUT2D eigenvalue weighted by molar-refractivity contribution is 0.0472. The molecule has 0 aliphatic rings. The van der Waals surface area contributed by atoms with Crippen LogP contribution in [0.5, 0.6) is 0 Å². The highest BCUT2D eigenvalue weighted by Crippen LogP contribution is 2.11. The van der Waals surface area contributed by atoms with E-state index in [1.807, 2.05) is 30.3 Å². The van der Waals surface area contributed by atoms with Crippen LogP contribution < -0.4 is 0 Å². The van der Waals surface area contributed by atoms with Crippen LogP contribution in [0.2, 0.25) is 0 Å². The first kappa shape index (κ1) is 16.4. The van der Waals surface area contributed by atoms with E-state index in [1.54, 1.807) is 35.1 Å². The summed E-state index contributed by atoms with van der Waals surface area (Å²) in [6.45, 7) is 0.0557. The van der Waals surface area contributed by atoms with Gasteiger partial charge in [0, 0.05) is 6.20 Å². The molecule has 0 unspecified atom stereocenters. The molecule has 0 atom stereocenters. The summed E-state index contributed by atoms with van der Waals surface area (Å²) in [5, 5.41) is 4.17. The summed E-state index contributed by atoms with van der Waals surface area (Å²) >= 11 is 0. The van der Waals surface area contributed by atoms with Gasteiger partial charge in [-0.25, -0.2) is 14.3 Å². The second kappa shape index (κ2) is 7.44. The van der Waals surface area contributed by atoms with Crippen LogP contribution in [0.15, 0.2) is 67.0 Å². The lowest BCUT2D eigenvalue weighted by atomic mass is 10.1. The minimum atomic E-state index is -0.481. The van der Waals surface area contributed by atoms with Crippen LogP contribution in [0.25, 0.3) is 5.69 Å². The molecule has 0 N–H and O–H groups in total. The molecule has 3 rings (SSSR count). The molecule has 6 heteroatoms. The smallest absolute Gasteiger partial charge is 0.341 e. The maximum atomic E-state index is 12.2. The van der Waals surface area contributed by atoms with Crippen molar-refractivity contribution in [3.63, 3.8) is 0 Å². The highest BCUT2D eigenvalue weighted by atomic mass is 16.5. The monoisotopic (exact) mass is 336 g/mol. The van der Waals surface area contributed by atoms with Crippen molar-refractivity contribution in [1.82, 2.24) is 9.78 Å². The predicted molar refractivity (Wildman–Crippen MR) is 90.5 cm³/mol. The molecule has 0 fully saturated rings. The summed E-state index contributed by atoms with van der Waals surface area (Å²) in [6, 6.07) is 16.2. The zero-order valence-corrected chi connectivity index (χ0v) is 13.6. The van der Waals surface area contributed by atoms with Gasteiger partial charge in [-0.05, 0) is 29.8 Å². The molecule has 126 valence electrons. The van der Waals surface area contributed by atoms with Gasteiger partial charge >= 0.3 is 11.9 Å². The number of carbonyl (C=O) groups excluding carboxylic acids is 2. The first-order chi connectivity index (χ1) is 12.2. The second-order valence-electron chi connectivity index (χ2n) is 5.28. The van der Waals surface area contributed by atoms with E-state index in [4.69, 9.17) is 4.74 Å². The van der Waals surface area contributed by atoms with Crippen LogP contribution in [-0.4, -0.2) is 28.8 Å². The molecule has 0 radical (unpaired) electrons. The van der Waals surface area contributed by atoms with Gasteiger partial charge in [-0.3, -0.25) is 0 Å². The van der Waals surface area contributed by atoms with Crippen LogP contribution in [0, 0.1) is 0 Å². The molecule has 0 aliphatic heterocycles. The van der Waals surface area contributed by atoms with E-state index in [0.717, 1.165) is 5.69 Å². The van der Waals surface area contributed by atoms with E-state index in [9.17, 15) is 9.59 Å². The molecular formula is C19H16N2O4. The Kier molecular flexibility index (Phi) is 4.89. The number of hydrogen-bond donors (Lipinski definition) is 0. The molecule has 0 saturated carbocycles. The van der Waals surface area contributed by atoms with Gasteiger partial charge in [0.25, 0.3) is 0 Å². The average molecular weight is 336 g/mol. The fourth-order valence-electron chi connectivity index (χ4n) is 2.29. The molecule has 6 nitrogen and oxygen atoms in total. The fourth-order valence-corrected chi connectivity index (χ4v) is 2.29. The number of hydrogen-bond acceptors (Lipinski definition) is 5. The number of nitrogens with zero attached hydrogens (tertiary/aromatic N) is 2. The quantitative estimate of drug-likeness (QED) is 0.670. The molecule has 2 aromatic carbocycles. The summed E-state index contributed by atoms with van der Waals surface area (Å²) in [4.78, 5) is 23.7. The van der Waals surface area contributed by atoms with Gasteiger partial charge in [-0.1, -0.05) is 30.3 Å². The molecule has 3 aromatic rings. The van der Waals surface area contributed by atoms with Gasteiger partial charge in [-0.15, -0.1) is 0 Å². The van der Waals surface area contributed by atoms with E-state index in [1.165, 1.54) is 13.3 Å². The van der Waals surface area contributed by atoms with Crippen molar-refractivity contribution in [3.05, 3.63) is 83.7 Å². The number of ether oxygens (including phenoxy) is 2. The molecule has 0 amide bonds. The number of rotatable bonds is 5. The summed E-state index contributed by atoms with van der Waals surface area (Å²) < 4.78 is 11.6. The largest absolute Gasteiger partial charge is 0.465 e. The molecule has 25 heavy (non-hydrogen) atoms. The lowest BCUT2D eigenvalue weighted by Crippen LogP contribution is -2.06. The van der Waals surface area contributed by atoms with Crippen molar-refractivity contribution in [2.45, 2.75) is 6.61 Å². The third-order valence-corrected chi connectivity index (χ3v) is 3.56. The molecule has 1 heterocycles. The normalized spacial score (nSPS) is 10.3. The van der Waals surface area contributed by atoms with E-state index < -0.39 is 11.9 Å². The minimum absolute atomic E-state index is 0.0557. The lowest BCUT2D eigenvalue weighted by Gasteiger charge is -2.05. The molecule has 0 aliphatic carbocycles. The minimum Gasteiger partial charge on any atom is -0.465 e. The maximum Gasteiger partial charge on any atom is 0.341 e. The van der Waals surface area contributed by atoms with Crippen molar-refractivity contribution in [3.8, 4) is 5.69 Å². The number of aromatic nitrogens is 2. The maximum absolute atomic E-state index is 12.2. The SMILES string of the molecule is COC(=O)c1cccc(COC(=O)c2cnn(-c3ccccc3)c2)c1. The van der Waals surface area contributed by atoms with Gasteiger partial charge in [0.2, 0.25) is 0 Å². The van der Waals surface area contributed by atoms with Crippen LogP contribution in [-0.2, 0) is 16.1 Å². The van der Waals surface area contributed by atoms with Gasteiger partial charge in [0.15, 0.2) is 0 Å². The Balaban J connectivity index is 1.65. The van der Waals surface area contributed by atoms with Crippen molar-refractivity contribution < 1.29 is 19.1 Å². The Morgan fingerprint density at radius 1 is 1.00 bits per heavy atom. The third kappa shape index (κ3) is 3.92. The zero-order chi connectivity index (χ0) is 17.6. The molecular weight excluding hydrogens is 320 g/mol. The summed E-state index contributed by atoms with van der Waals surface area (Å²) in [7, 11) is 1.32. The second-order valence-corrected chi connectivity index (χ2v) is 5.28. The van der Waals surface area contributed by atoms with E-state index in [2.05, 4.69) is 9.84 Å². The average Bonchev–Trinajstić information content (AvgIpc) is 3.17. The van der Waals surface area contributed by atoms with Gasteiger partial charge in [0.1, 0.15) is 6.61 Å². The first-order valence-electron chi connectivity index (χ1n) is 7.62. The number of para-hydroxylation sites is 1. The van der Waals surface area contributed by atoms with Crippen LogP contribution in [0.1, 0.15) is 26.3 Å². The highest BCUT2D eigenvalue weighted by molar-refractivity contribution is 5.90. The standard InChI is InChI=1S/C19H16N2O4/c1-24-18(22)15-7-5-6-14(10-15)13-25-19(23)16-11-20-21(12-16)17-8-3-2-4-9-17/h2-12H,13H2,1H3. The third-order valence-electron chi connectivity index (χ3n) is 3.56. The van der Waals surface area contributed by atoms with Gasteiger partial charge < -0.3 is 9.47 Å². The summed E-state index contributed by atoms with van der Waals surface area (Å²) in [5.74, 6) is -0.914. The Morgan fingerprint density at radius 3 is 2.56 bits per heavy atom. The molecule has 0 bridgehead atoms. The molecule has 0 spiro atoms. The zero-order valence-electron chi connectivity index (χ0n) is 13.6. The van der Waals surface area contributed by atoms with Crippen molar-refractivity contribution in [2.75, 3.05) is 7.11 Å². The van der Waals surface area contributed by atoms with Crippen LogP contribution >= 0.6 is 0 Å². The highest BCUT2D eigenvalue weighted by Gasteiger charge is 2.12. The van der Waals surface area contributed by atoms with Crippen molar-refractivity contribution in [1.29, 1.82) is 0 Å². The predicted octanol–water partition coefficient (Wildman–Crippen LogP) is 3.02. The first-order valence-corrected chi connectivity index (χ1v) is 7.62. The topological polar surface area (TPSA) is 70.4 Å². The van der Waals surface area contributed by atoms with Gasteiger partial charge in [0.05, 0.1) is 30.1 Å². The fraction of sp³-hybridized carbons (Fsp3) is 0.105. The van der Waals surface area contributed by atoms with Crippen LogP contribution in [0.4, 0.5) is 0 Å². The Morgan fingerprint density at radius 2 is 1.80 bits per heavy atom. The summed E-state index contributed by atoms with van der Waals surface area (Å²) in [6.07, 6.45) is 3.07. The Hall–Kier alpha value is -3.41. The van der Waals surface area contributed by atoms with Crippen molar-refractivity contribution in [2.24, 2.45) is 0 Å². The van der Waals surface area contributed by atoms with Crippen LogP contribution in [0.3, 0.4) is 0 Å². The van der Waals surface area contributed by atoms with Gasteiger partial charge in [-0.2, -0.15) is 5.10 Å². The molecule has 0 saturated heterocycles. The van der Waals surface area contributed by atoms with E-state index in [0.29, 0.717) is 16.7 Å². The molecule has 1 aromatic heterocycles. The van der Waals surface area contributed by atoms with E-state index in [-0.39, 0.29) is 6.61 Å². The number of esters is 2. The summed E-state index contributed by atoms with van der Waals surface area (Å²) in [5.41, 5.74) is 2.32. The Bertz CT molecular complexity index is 887. The van der Waals surface area contributed by atoms with Crippen molar-refractivity contribution >= 4 is 11.9 Å². The number of carbonyl (C=O) groups is 2.